The van der Waals surface area contributed by atoms with Gasteiger partial charge in [-0.1, -0.05) is 6.07 Å². The molecular formula is C11H10FN. The molecule has 0 amide bonds. The van der Waals surface area contributed by atoms with Crippen LogP contribution in [0.5, 0.6) is 0 Å². The fraction of sp³-hybridized carbons (Fsp3) is 0.182. The van der Waals surface area contributed by atoms with Gasteiger partial charge in [0.2, 0.25) is 0 Å². The van der Waals surface area contributed by atoms with Crippen LogP contribution in [0, 0.1) is 19.7 Å². The van der Waals surface area contributed by atoms with Crippen molar-refractivity contribution in [2.24, 2.45) is 0 Å². The Bertz CT molecular complexity index is 463. The molecule has 1 aromatic carbocycles. The zero-order valence-electron chi connectivity index (χ0n) is 7.63. The monoisotopic (exact) mass is 175 g/mol. The second-order valence-electron chi connectivity index (χ2n) is 3.21. The molecule has 2 aromatic rings. The first-order valence-corrected chi connectivity index (χ1v) is 4.21. The molecular weight excluding hydrogens is 165 g/mol. The van der Waals surface area contributed by atoms with Crippen LogP contribution in [0.25, 0.3) is 10.9 Å². The molecule has 0 fully saturated rings. The van der Waals surface area contributed by atoms with Gasteiger partial charge in [0.05, 0.1) is 5.52 Å². The standard InChI is InChI=1S/C11H10FN/c1-7-3-6-10(12)9-5-4-8(2)13-11(7)9/h3-6H,1-2H3. The van der Waals surface area contributed by atoms with Crippen molar-refractivity contribution in [3.05, 3.63) is 41.3 Å². The topological polar surface area (TPSA) is 12.9 Å². The summed E-state index contributed by atoms with van der Waals surface area (Å²) in [5.74, 6) is -0.201. The van der Waals surface area contributed by atoms with E-state index in [1.807, 2.05) is 19.9 Å². The molecule has 0 radical (unpaired) electrons. The van der Waals surface area contributed by atoms with Crippen LogP contribution in [0.15, 0.2) is 24.3 Å². The minimum atomic E-state index is -0.201. The number of aromatic nitrogens is 1. The van der Waals surface area contributed by atoms with Crippen molar-refractivity contribution in [1.82, 2.24) is 4.98 Å². The molecule has 13 heavy (non-hydrogen) atoms. The molecule has 1 aromatic heterocycles. The Morgan fingerprint density at radius 2 is 1.85 bits per heavy atom. The number of rotatable bonds is 0. The maximum absolute atomic E-state index is 13.3. The van der Waals surface area contributed by atoms with E-state index in [0.717, 1.165) is 16.8 Å². The lowest BCUT2D eigenvalue weighted by molar-refractivity contribution is 0.639. The smallest absolute Gasteiger partial charge is 0.132 e. The van der Waals surface area contributed by atoms with E-state index >= 15 is 0 Å². The minimum Gasteiger partial charge on any atom is -0.253 e. The zero-order chi connectivity index (χ0) is 9.42. The minimum absolute atomic E-state index is 0.201. The highest BCUT2D eigenvalue weighted by Crippen LogP contribution is 2.19. The maximum Gasteiger partial charge on any atom is 0.132 e. The first-order chi connectivity index (χ1) is 6.18. The quantitative estimate of drug-likeness (QED) is 0.599. The third-order valence-corrected chi connectivity index (χ3v) is 2.14. The van der Waals surface area contributed by atoms with Crippen molar-refractivity contribution in [2.45, 2.75) is 13.8 Å². The summed E-state index contributed by atoms with van der Waals surface area (Å²) in [4.78, 5) is 4.30. The molecule has 0 spiro atoms. The summed E-state index contributed by atoms with van der Waals surface area (Å²) >= 11 is 0. The summed E-state index contributed by atoms with van der Waals surface area (Å²) in [7, 11) is 0. The second-order valence-corrected chi connectivity index (χ2v) is 3.21. The Hall–Kier alpha value is -1.44. The van der Waals surface area contributed by atoms with E-state index in [0.29, 0.717) is 5.39 Å². The second kappa shape index (κ2) is 2.80. The molecule has 0 atom stereocenters. The lowest BCUT2D eigenvalue weighted by atomic mass is 10.1. The first-order valence-electron chi connectivity index (χ1n) is 4.21. The molecule has 0 aliphatic carbocycles. The van der Waals surface area contributed by atoms with E-state index in [2.05, 4.69) is 4.98 Å². The summed E-state index contributed by atoms with van der Waals surface area (Å²) in [5, 5.41) is 0.602. The van der Waals surface area contributed by atoms with E-state index < -0.39 is 0 Å². The van der Waals surface area contributed by atoms with Crippen molar-refractivity contribution >= 4 is 10.9 Å². The van der Waals surface area contributed by atoms with Crippen LogP contribution >= 0.6 is 0 Å². The normalized spacial score (nSPS) is 10.7. The third-order valence-electron chi connectivity index (χ3n) is 2.14. The Morgan fingerprint density at radius 1 is 1.08 bits per heavy atom. The molecule has 0 aliphatic heterocycles. The van der Waals surface area contributed by atoms with Crippen LogP contribution in [0.3, 0.4) is 0 Å². The van der Waals surface area contributed by atoms with Crippen LogP contribution in [0.1, 0.15) is 11.3 Å². The van der Waals surface area contributed by atoms with Crippen LogP contribution in [0.4, 0.5) is 4.39 Å². The average Bonchev–Trinajstić information content (AvgIpc) is 2.12. The Labute approximate surface area is 76.2 Å². The number of nitrogens with zero attached hydrogens (tertiary/aromatic N) is 1. The summed E-state index contributed by atoms with van der Waals surface area (Å²) < 4.78 is 13.3. The molecule has 0 saturated heterocycles. The van der Waals surface area contributed by atoms with E-state index in [4.69, 9.17) is 0 Å². The largest absolute Gasteiger partial charge is 0.253 e. The van der Waals surface area contributed by atoms with Gasteiger partial charge in [-0.3, -0.25) is 4.98 Å². The molecule has 0 aliphatic rings. The summed E-state index contributed by atoms with van der Waals surface area (Å²) in [5.41, 5.74) is 2.70. The Balaban J connectivity index is 2.92. The molecule has 1 nitrogen and oxygen atoms in total. The highest BCUT2D eigenvalue weighted by Gasteiger charge is 2.03. The molecule has 2 rings (SSSR count). The number of hydrogen-bond donors (Lipinski definition) is 0. The molecule has 0 unspecified atom stereocenters. The van der Waals surface area contributed by atoms with Crippen molar-refractivity contribution < 1.29 is 4.39 Å². The summed E-state index contributed by atoms with van der Waals surface area (Å²) in [6, 6.07) is 6.84. The van der Waals surface area contributed by atoms with Crippen molar-refractivity contribution in [1.29, 1.82) is 0 Å². The number of fused-ring (bicyclic) bond motifs is 1. The molecule has 66 valence electrons. The first kappa shape index (κ1) is 8.17. The number of hydrogen-bond acceptors (Lipinski definition) is 1. The predicted octanol–water partition coefficient (Wildman–Crippen LogP) is 2.99. The zero-order valence-corrected chi connectivity index (χ0v) is 7.63. The van der Waals surface area contributed by atoms with Crippen LogP contribution < -0.4 is 0 Å². The van der Waals surface area contributed by atoms with Gasteiger partial charge in [0.25, 0.3) is 0 Å². The fourth-order valence-corrected chi connectivity index (χ4v) is 1.42. The van der Waals surface area contributed by atoms with Gasteiger partial charge in [0.1, 0.15) is 5.82 Å². The third kappa shape index (κ3) is 1.28. The highest BCUT2D eigenvalue weighted by atomic mass is 19.1. The van der Waals surface area contributed by atoms with Crippen molar-refractivity contribution in [3.8, 4) is 0 Å². The number of pyridine rings is 1. The summed E-state index contributed by atoms with van der Waals surface area (Å²) in [6.45, 7) is 3.85. The van der Waals surface area contributed by atoms with Crippen LogP contribution in [-0.4, -0.2) is 4.98 Å². The highest BCUT2D eigenvalue weighted by molar-refractivity contribution is 5.82. The van der Waals surface area contributed by atoms with Gasteiger partial charge >= 0.3 is 0 Å². The lowest BCUT2D eigenvalue weighted by Crippen LogP contribution is -1.88. The molecule has 0 bridgehead atoms. The Kier molecular flexibility index (Phi) is 1.76. The van der Waals surface area contributed by atoms with Gasteiger partial charge in [-0.25, -0.2) is 4.39 Å². The predicted molar refractivity (Wildman–Crippen MR) is 51.2 cm³/mol. The van der Waals surface area contributed by atoms with Crippen molar-refractivity contribution in [3.63, 3.8) is 0 Å². The molecule has 0 N–H and O–H groups in total. The molecule has 1 heterocycles. The van der Waals surface area contributed by atoms with Crippen molar-refractivity contribution in [2.75, 3.05) is 0 Å². The molecule has 2 heteroatoms. The van der Waals surface area contributed by atoms with E-state index in [-0.39, 0.29) is 5.82 Å². The van der Waals surface area contributed by atoms with Crippen LogP contribution in [0.2, 0.25) is 0 Å². The SMILES string of the molecule is Cc1ccc2c(F)ccc(C)c2n1. The van der Waals surface area contributed by atoms with Gasteiger partial charge in [-0.2, -0.15) is 0 Å². The van der Waals surface area contributed by atoms with Gasteiger partial charge in [-0.15, -0.1) is 0 Å². The number of halogens is 1. The van der Waals surface area contributed by atoms with Gasteiger partial charge < -0.3 is 0 Å². The lowest BCUT2D eigenvalue weighted by Gasteiger charge is -2.02. The van der Waals surface area contributed by atoms with Gasteiger partial charge in [0.15, 0.2) is 0 Å². The van der Waals surface area contributed by atoms with Crippen LogP contribution in [-0.2, 0) is 0 Å². The van der Waals surface area contributed by atoms with Gasteiger partial charge in [0, 0.05) is 11.1 Å². The fourth-order valence-electron chi connectivity index (χ4n) is 1.42. The average molecular weight is 175 g/mol. The summed E-state index contributed by atoms with van der Waals surface area (Å²) in [6.07, 6.45) is 0. The van der Waals surface area contributed by atoms with Gasteiger partial charge in [-0.05, 0) is 37.6 Å². The number of benzene rings is 1. The van der Waals surface area contributed by atoms with E-state index in [1.165, 1.54) is 6.07 Å². The maximum atomic E-state index is 13.3. The molecule has 0 saturated carbocycles. The van der Waals surface area contributed by atoms with E-state index in [9.17, 15) is 4.39 Å². The number of aryl methyl sites for hydroxylation is 2. The van der Waals surface area contributed by atoms with E-state index in [1.54, 1.807) is 12.1 Å². The Morgan fingerprint density at radius 3 is 2.62 bits per heavy atom.